The van der Waals surface area contributed by atoms with E-state index in [2.05, 4.69) is 44.3 Å². The van der Waals surface area contributed by atoms with E-state index in [-0.39, 0.29) is 0 Å². The molecule has 0 radical (unpaired) electrons. The molecule has 0 spiro atoms. The first-order valence-corrected chi connectivity index (χ1v) is 19.1. The third-order valence-corrected chi connectivity index (χ3v) is 10.5. The molecular formula is C34H70S2. The van der Waals surface area contributed by atoms with Gasteiger partial charge >= 0.3 is 0 Å². The third kappa shape index (κ3) is 32.7. The van der Waals surface area contributed by atoms with Gasteiger partial charge in [0.15, 0.2) is 0 Å². The molecule has 0 heterocycles. The molecule has 36 heavy (non-hydrogen) atoms. The smallest absolute Gasteiger partial charge is 0.0474 e. The van der Waals surface area contributed by atoms with Crippen LogP contribution in [0.15, 0.2) is 0 Å². The zero-order valence-corrected chi connectivity index (χ0v) is 27.2. The Morgan fingerprint density at radius 1 is 0.306 bits per heavy atom. The first kappa shape index (κ1) is 36.7. The maximum Gasteiger partial charge on any atom is 0.0474 e. The summed E-state index contributed by atoms with van der Waals surface area (Å²) in [7, 11) is 0. The second-order valence-corrected chi connectivity index (χ2v) is 14.7. The number of hydrogen-bond donors (Lipinski definition) is 0. The molecule has 0 unspecified atom stereocenters. The van der Waals surface area contributed by atoms with Crippen molar-refractivity contribution in [1.29, 1.82) is 0 Å². The normalized spacial score (nSPS) is 11.7. The molecule has 0 aliphatic carbocycles. The van der Waals surface area contributed by atoms with Gasteiger partial charge in [-0.1, -0.05) is 181 Å². The zero-order chi connectivity index (χ0) is 26.2. The van der Waals surface area contributed by atoms with Crippen molar-refractivity contribution in [1.82, 2.24) is 0 Å². The number of thioether (sulfide) groups is 2. The zero-order valence-electron chi connectivity index (χ0n) is 25.6. The fourth-order valence-electron chi connectivity index (χ4n) is 5.14. The van der Waals surface area contributed by atoms with Gasteiger partial charge in [0.1, 0.15) is 0 Å². The maximum absolute atomic E-state index is 2.43. The van der Waals surface area contributed by atoms with Crippen molar-refractivity contribution in [2.24, 2.45) is 0 Å². The van der Waals surface area contributed by atoms with Gasteiger partial charge in [-0.25, -0.2) is 0 Å². The van der Waals surface area contributed by atoms with Gasteiger partial charge in [0, 0.05) is 4.58 Å². The molecule has 0 saturated heterocycles. The summed E-state index contributed by atoms with van der Waals surface area (Å²) in [6.45, 7) is 7.05. The predicted molar refractivity (Wildman–Crippen MR) is 175 cm³/mol. The number of unbranched alkanes of at least 4 members (excludes halogenated alkanes) is 26. The minimum Gasteiger partial charge on any atom is -0.148 e. The Morgan fingerprint density at radius 2 is 0.500 bits per heavy atom. The predicted octanol–water partition coefficient (Wildman–Crippen LogP) is 13.8. The standard InChI is InChI=1S/C34H70S2/c1-4-6-8-10-12-14-16-18-20-22-24-26-28-30-32-35-34(3)36-33-31-29-27-25-23-21-19-17-15-13-11-9-7-5-2/h34H,4-33H2,1-3H3. The summed E-state index contributed by atoms with van der Waals surface area (Å²) >= 11 is 4.42. The highest BCUT2D eigenvalue weighted by Gasteiger charge is 2.03. The van der Waals surface area contributed by atoms with E-state index in [1.54, 1.807) is 0 Å². The van der Waals surface area contributed by atoms with Crippen molar-refractivity contribution in [3.63, 3.8) is 0 Å². The SMILES string of the molecule is CCCCCCCCCCCCCCCCSC(C)SCCCCCCCCCCCCCCCC. The Bertz CT molecular complexity index is 336. The van der Waals surface area contributed by atoms with Crippen molar-refractivity contribution in [3.05, 3.63) is 0 Å². The lowest BCUT2D eigenvalue weighted by atomic mass is 10.0. The van der Waals surface area contributed by atoms with E-state index in [1.165, 1.54) is 191 Å². The highest BCUT2D eigenvalue weighted by molar-refractivity contribution is 8.16. The monoisotopic (exact) mass is 542 g/mol. The fourth-order valence-corrected chi connectivity index (χ4v) is 7.51. The number of rotatable bonds is 32. The number of hydrogen-bond acceptors (Lipinski definition) is 2. The van der Waals surface area contributed by atoms with Crippen molar-refractivity contribution >= 4 is 23.5 Å². The fraction of sp³-hybridized carbons (Fsp3) is 1.00. The quantitative estimate of drug-likeness (QED) is 0.0612. The molecule has 0 bridgehead atoms. The molecule has 0 aliphatic heterocycles. The Balaban J connectivity index is 3.13. The molecule has 0 N–H and O–H groups in total. The molecule has 0 aromatic heterocycles. The van der Waals surface area contributed by atoms with Crippen LogP contribution in [-0.2, 0) is 0 Å². The lowest BCUT2D eigenvalue weighted by Crippen LogP contribution is -1.94. The van der Waals surface area contributed by atoms with Crippen molar-refractivity contribution in [3.8, 4) is 0 Å². The topological polar surface area (TPSA) is 0 Å². The lowest BCUT2D eigenvalue weighted by Gasteiger charge is -2.11. The van der Waals surface area contributed by atoms with Crippen LogP contribution in [0.5, 0.6) is 0 Å². The molecule has 0 aromatic carbocycles. The molecular weight excluding hydrogens is 473 g/mol. The van der Waals surface area contributed by atoms with Crippen LogP contribution in [0.2, 0.25) is 0 Å². The van der Waals surface area contributed by atoms with Crippen LogP contribution in [0, 0.1) is 0 Å². The highest BCUT2D eigenvalue weighted by Crippen LogP contribution is 2.26. The summed E-state index contributed by atoms with van der Waals surface area (Å²) in [5.74, 6) is 2.76. The first-order valence-electron chi connectivity index (χ1n) is 17.0. The Hall–Kier alpha value is 0.700. The van der Waals surface area contributed by atoms with E-state index in [4.69, 9.17) is 0 Å². The van der Waals surface area contributed by atoms with E-state index >= 15 is 0 Å². The molecule has 0 rings (SSSR count). The maximum atomic E-state index is 2.43. The summed E-state index contributed by atoms with van der Waals surface area (Å²) in [6, 6.07) is 0. The van der Waals surface area contributed by atoms with Gasteiger partial charge in [0.2, 0.25) is 0 Å². The van der Waals surface area contributed by atoms with Gasteiger partial charge in [0.05, 0.1) is 0 Å². The molecule has 0 amide bonds. The summed E-state index contributed by atoms with van der Waals surface area (Å²) in [4.78, 5) is 0. The van der Waals surface area contributed by atoms with Crippen LogP contribution < -0.4 is 0 Å². The molecule has 0 aromatic rings. The Kier molecular flexibility index (Phi) is 34.4. The van der Waals surface area contributed by atoms with Crippen LogP contribution in [0.1, 0.15) is 201 Å². The van der Waals surface area contributed by atoms with Crippen molar-refractivity contribution < 1.29 is 0 Å². The minimum atomic E-state index is 0.800. The van der Waals surface area contributed by atoms with Crippen LogP contribution in [0.4, 0.5) is 0 Å². The summed E-state index contributed by atoms with van der Waals surface area (Å²) in [6.07, 6.45) is 41.0. The van der Waals surface area contributed by atoms with E-state index < -0.39 is 0 Å². The van der Waals surface area contributed by atoms with Gasteiger partial charge in [-0.05, 0) is 31.3 Å². The summed E-state index contributed by atoms with van der Waals surface area (Å²) < 4.78 is 0.800. The molecule has 0 atom stereocenters. The largest absolute Gasteiger partial charge is 0.148 e. The van der Waals surface area contributed by atoms with Gasteiger partial charge in [-0.3, -0.25) is 0 Å². The van der Waals surface area contributed by atoms with E-state index in [0.717, 1.165) is 4.58 Å². The summed E-state index contributed by atoms with van der Waals surface area (Å²) in [5.41, 5.74) is 0. The van der Waals surface area contributed by atoms with Crippen LogP contribution in [-0.4, -0.2) is 16.1 Å². The van der Waals surface area contributed by atoms with Gasteiger partial charge in [-0.2, -0.15) is 0 Å². The summed E-state index contributed by atoms with van der Waals surface area (Å²) in [5, 5.41) is 0. The first-order chi connectivity index (χ1) is 17.8. The third-order valence-electron chi connectivity index (χ3n) is 7.70. The highest BCUT2D eigenvalue weighted by atomic mass is 32.2. The average Bonchev–Trinajstić information content (AvgIpc) is 2.88. The van der Waals surface area contributed by atoms with Crippen LogP contribution >= 0.6 is 23.5 Å². The van der Waals surface area contributed by atoms with Crippen molar-refractivity contribution in [2.75, 3.05) is 11.5 Å². The Labute approximate surface area is 239 Å². The van der Waals surface area contributed by atoms with Crippen molar-refractivity contribution in [2.45, 2.75) is 205 Å². The molecule has 0 saturated carbocycles. The second-order valence-electron chi connectivity index (χ2n) is 11.5. The van der Waals surface area contributed by atoms with Crippen LogP contribution in [0.3, 0.4) is 0 Å². The van der Waals surface area contributed by atoms with Gasteiger partial charge in [-0.15, -0.1) is 23.5 Å². The van der Waals surface area contributed by atoms with Gasteiger partial charge < -0.3 is 0 Å². The average molecular weight is 543 g/mol. The van der Waals surface area contributed by atoms with Gasteiger partial charge in [0.25, 0.3) is 0 Å². The second kappa shape index (κ2) is 33.7. The molecule has 2 heteroatoms. The molecule has 0 aliphatic rings. The van der Waals surface area contributed by atoms with Crippen LogP contribution in [0.25, 0.3) is 0 Å². The molecule has 0 fully saturated rings. The Morgan fingerprint density at radius 3 is 0.722 bits per heavy atom. The minimum absolute atomic E-state index is 0.800. The molecule has 218 valence electrons. The van der Waals surface area contributed by atoms with E-state index in [1.807, 2.05) is 0 Å². The van der Waals surface area contributed by atoms with E-state index in [0.29, 0.717) is 0 Å². The molecule has 0 nitrogen and oxygen atoms in total. The lowest BCUT2D eigenvalue weighted by molar-refractivity contribution is 0.538. The van der Waals surface area contributed by atoms with E-state index in [9.17, 15) is 0 Å².